The summed E-state index contributed by atoms with van der Waals surface area (Å²) < 4.78 is 11.6. The van der Waals surface area contributed by atoms with Crippen molar-refractivity contribution in [2.45, 2.75) is 25.8 Å². The van der Waals surface area contributed by atoms with E-state index in [0.29, 0.717) is 13.1 Å². The Morgan fingerprint density at radius 3 is 2.86 bits per heavy atom. The predicted molar refractivity (Wildman–Crippen MR) is 82.4 cm³/mol. The lowest BCUT2D eigenvalue weighted by Crippen LogP contribution is -2.40. The first-order valence-electron chi connectivity index (χ1n) is 7.30. The molecule has 0 atom stereocenters. The first-order valence-corrected chi connectivity index (χ1v) is 8.10. The van der Waals surface area contributed by atoms with E-state index in [9.17, 15) is 4.79 Å². The van der Waals surface area contributed by atoms with Crippen LogP contribution in [-0.2, 0) is 11.3 Å². The van der Waals surface area contributed by atoms with E-state index in [1.165, 1.54) is 6.42 Å². The number of carbonyl (C=O) groups excluding carboxylic acids is 1. The zero-order valence-corrected chi connectivity index (χ0v) is 13.4. The molecule has 3 rings (SSSR count). The van der Waals surface area contributed by atoms with Gasteiger partial charge in [-0.05, 0) is 52.9 Å². The Bertz CT molecular complexity index is 530. The quantitative estimate of drug-likeness (QED) is 0.901. The molecule has 0 unspecified atom stereocenters. The van der Waals surface area contributed by atoms with Gasteiger partial charge in [-0.15, -0.1) is 0 Å². The standard InChI is InChI=1S/C15H19BrN2O3/c16-12-6-11(7-13-15(12)21-10-20-13)8-17-9-14(19)18-4-2-1-3-5-18/h6-7,17H,1-5,8-10H2. The topological polar surface area (TPSA) is 50.8 Å². The number of hydrogen-bond donors (Lipinski definition) is 1. The van der Waals surface area contributed by atoms with Crippen molar-refractivity contribution < 1.29 is 14.3 Å². The SMILES string of the molecule is O=C(CNCc1cc(Br)c2c(c1)OCO2)N1CCCCC1. The van der Waals surface area contributed by atoms with Crippen molar-refractivity contribution in [2.24, 2.45) is 0 Å². The molecule has 1 aromatic carbocycles. The molecular formula is C15H19BrN2O3. The number of rotatable bonds is 4. The minimum Gasteiger partial charge on any atom is -0.454 e. The van der Waals surface area contributed by atoms with Gasteiger partial charge in [0.05, 0.1) is 11.0 Å². The van der Waals surface area contributed by atoms with Gasteiger partial charge in [-0.25, -0.2) is 0 Å². The maximum Gasteiger partial charge on any atom is 0.236 e. The van der Waals surface area contributed by atoms with E-state index >= 15 is 0 Å². The minimum atomic E-state index is 0.189. The minimum absolute atomic E-state index is 0.189. The summed E-state index contributed by atoms with van der Waals surface area (Å²) in [7, 11) is 0. The Morgan fingerprint density at radius 2 is 2.05 bits per heavy atom. The van der Waals surface area contributed by atoms with Gasteiger partial charge < -0.3 is 19.7 Å². The Hall–Kier alpha value is -1.27. The van der Waals surface area contributed by atoms with Gasteiger partial charge in [0.2, 0.25) is 12.7 Å². The highest BCUT2D eigenvalue weighted by Crippen LogP contribution is 2.39. The smallest absolute Gasteiger partial charge is 0.236 e. The first-order chi connectivity index (χ1) is 10.2. The van der Waals surface area contributed by atoms with Crippen LogP contribution < -0.4 is 14.8 Å². The van der Waals surface area contributed by atoms with Crippen molar-refractivity contribution in [3.05, 3.63) is 22.2 Å². The van der Waals surface area contributed by atoms with Gasteiger partial charge in [-0.1, -0.05) is 0 Å². The maximum atomic E-state index is 12.1. The molecule has 1 aromatic rings. The lowest BCUT2D eigenvalue weighted by molar-refractivity contribution is -0.131. The third-order valence-electron chi connectivity index (χ3n) is 3.80. The van der Waals surface area contributed by atoms with E-state index in [4.69, 9.17) is 9.47 Å². The van der Waals surface area contributed by atoms with Crippen LogP contribution in [0.15, 0.2) is 16.6 Å². The van der Waals surface area contributed by atoms with Crippen LogP contribution in [0.4, 0.5) is 0 Å². The van der Waals surface area contributed by atoms with Gasteiger partial charge in [0.1, 0.15) is 0 Å². The molecule has 2 aliphatic heterocycles. The molecule has 5 nitrogen and oxygen atoms in total. The van der Waals surface area contributed by atoms with Crippen molar-refractivity contribution in [2.75, 3.05) is 26.4 Å². The summed E-state index contributed by atoms with van der Waals surface area (Å²) in [5.74, 6) is 1.70. The fraction of sp³-hybridized carbons (Fsp3) is 0.533. The number of carbonyl (C=O) groups is 1. The van der Waals surface area contributed by atoms with Gasteiger partial charge in [-0.2, -0.15) is 0 Å². The fourth-order valence-corrected chi connectivity index (χ4v) is 3.30. The molecule has 0 spiro atoms. The second-order valence-electron chi connectivity index (χ2n) is 5.36. The monoisotopic (exact) mass is 354 g/mol. The third-order valence-corrected chi connectivity index (χ3v) is 4.39. The second-order valence-corrected chi connectivity index (χ2v) is 6.21. The normalized spacial score (nSPS) is 17.1. The second kappa shape index (κ2) is 6.66. The Kier molecular flexibility index (Phi) is 4.65. The van der Waals surface area contributed by atoms with Crippen LogP contribution >= 0.6 is 15.9 Å². The molecular weight excluding hydrogens is 336 g/mol. The highest BCUT2D eigenvalue weighted by molar-refractivity contribution is 9.10. The predicted octanol–water partition coefficient (Wildman–Crippen LogP) is 2.28. The lowest BCUT2D eigenvalue weighted by atomic mass is 10.1. The Morgan fingerprint density at radius 1 is 1.24 bits per heavy atom. The summed E-state index contributed by atoms with van der Waals surface area (Å²) in [6, 6.07) is 3.94. The van der Waals surface area contributed by atoms with Crippen LogP contribution in [0.3, 0.4) is 0 Å². The van der Waals surface area contributed by atoms with E-state index in [-0.39, 0.29) is 12.7 Å². The summed E-state index contributed by atoms with van der Waals surface area (Å²) >= 11 is 3.47. The summed E-state index contributed by atoms with van der Waals surface area (Å²) in [4.78, 5) is 14.0. The van der Waals surface area contributed by atoms with E-state index in [1.807, 2.05) is 17.0 Å². The summed E-state index contributed by atoms with van der Waals surface area (Å²) in [5.41, 5.74) is 1.07. The molecule has 1 N–H and O–H groups in total. The summed E-state index contributed by atoms with van der Waals surface area (Å²) in [5, 5.41) is 3.21. The number of hydrogen-bond acceptors (Lipinski definition) is 4. The molecule has 1 saturated heterocycles. The van der Waals surface area contributed by atoms with E-state index in [2.05, 4.69) is 21.2 Å². The van der Waals surface area contributed by atoms with Crippen molar-refractivity contribution in [1.29, 1.82) is 0 Å². The summed E-state index contributed by atoms with van der Waals surface area (Å²) in [6.07, 6.45) is 3.49. The number of nitrogens with zero attached hydrogens (tertiary/aromatic N) is 1. The molecule has 0 radical (unpaired) electrons. The number of fused-ring (bicyclic) bond motifs is 1. The average Bonchev–Trinajstić information content (AvgIpc) is 2.97. The molecule has 2 heterocycles. The van der Waals surface area contributed by atoms with E-state index in [1.54, 1.807) is 0 Å². The highest BCUT2D eigenvalue weighted by atomic mass is 79.9. The fourth-order valence-electron chi connectivity index (χ4n) is 2.69. The number of nitrogens with one attached hydrogen (secondary N) is 1. The average molecular weight is 355 g/mol. The number of piperidine rings is 1. The largest absolute Gasteiger partial charge is 0.454 e. The van der Waals surface area contributed by atoms with Crippen LogP contribution in [0.5, 0.6) is 11.5 Å². The molecule has 6 heteroatoms. The molecule has 0 bridgehead atoms. The van der Waals surface area contributed by atoms with Crippen molar-refractivity contribution in [3.8, 4) is 11.5 Å². The molecule has 114 valence electrons. The maximum absolute atomic E-state index is 12.1. The van der Waals surface area contributed by atoms with Crippen LogP contribution in [0.25, 0.3) is 0 Å². The zero-order valence-electron chi connectivity index (χ0n) is 11.9. The van der Waals surface area contributed by atoms with Crippen molar-refractivity contribution in [1.82, 2.24) is 10.2 Å². The van der Waals surface area contributed by atoms with Gasteiger partial charge in [-0.3, -0.25) is 4.79 Å². The van der Waals surface area contributed by atoms with Gasteiger partial charge in [0.25, 0.3) is 0 Å². The first kappa shape index (κ1) is 14.7. The van der Waals surface area contributed by atoms with E-state index < -0.39 is 0 Å². The zero-order chi connectivity index (χ0) is 14.7. The number of halogens is 1. The molecule has 21 heavy (non-hydrogen) atoms. The number of benzene rings is 1. The molecule has 0 aromatic heterocycles. The van der Waals surface area contributed by atoms with Crippen LogP contribution in [0.1, 0.15) is 24.8 Å². The van der Waals surface area contributed by atoms with Crippen molar-refractivity contribution in [3.63, 3.8) is 0 Å². The Balaban J connectivity index is 1.51. The number of likely N-dealkylation sites (tertiary alicyclic amines) is 1. The number of ether oxygens (including phenoxy) is 2. The third kappa shape index (κ3) is 3.49. The summed E-state index contributed by atoms with van der Waals surface area (Å²) in [6.45, 7) is 3.07. The highest BCUT2D eigenvalue weighted by Gasteiger charge is 2.18. The molecule has 0 saturated carbocycles. The van der Waals surface area contributed by atoms with E-state index in [0.717, 1.165) is 47.5 Å². The lowest BCUT2D eigenvalue weighted by Gasteiger charge is -2.26. The van der Waals surface area contributed by atoms with Gasteiger partial charge >= 0.3 is 0 Å². The molecule has 0 aliphatic carbocycles. The number of amides is 1. The van der Waals surface area contributed by atoms with Crippen LogP contribution in [0, 0.1) is 0 Å². The van der Waals surface area contributed by atoms with Crippen LogP contribution in [-0.4, -0.2) is 37.2 Å². The van der Waals surface area contributed by atoms with Gasteiger partial charge in [0.15, 0.2) is 11.5 Å². The molecule has 2 aliphatic rings. The van der Waals surface area contributed by atoms with Gasteiger partial charge in [0, 0.05) is 19.6 Å². The Labute approximate surface area is 132 Å². The van der Waals surface area contributed by atoms with Crippen molar-refractivity contribution >= 4 is 21.8 Å². The van der Waals surface area contributed by atoms with Crippen LogP contribution in [0.2, 0.25) is 0 Å². The molecule has 1 fully saturated rings. The molecule has 1 amide bonds.